The molecule has 2 aromatic rings. The molecule has 0 aliphatic carbocycles. The third-order valence-corrected chi connectivity index (χ3v) is 5.19. The molecular formula is C21H28N4O5. The van der Waals surface area contributed by atoms with Gasteiger partial charge in [0.2, 0.25) is 0 Å². The van der Waals surface area contributed by atoms with Crippen molar-refractivity contribution < 1.29 is 23.5 Å². The van der Waals surface area contributed by atoms with E-state index in [0.717, 1.165) is 12.8 Å². The van der Waals surface area contributed by atoms with Crippen LogP contribution in [0.25, 0.3) is 0 Å². The van der Waals surface area contributed by atoms with Crippen molar-refractivity contribution in [2.24, 2.45) is 0 Å². The van der Waals surface area contributed by atoms with E-state index in [1.54, 1.807) is 58.3 Å². The normalized spacial score (nSPS) is 14.4. The third kappa shape index (κ3) is 4.50. The Bertz CT molecular complexity index is 916. The Balaban J connectivity index is 1.60. The van der Waals surface area contributed by atoms with E-state index in [2.05, 4.69) is 10.3 Å². The Morgan fingerprint density at radius 1 is 1.17 bits per heavy atom. The van der Waals surface area contributed by atoms with Crippen molar-refractivity contribution in [3.63, 3.8) is 0 Å². The minimum absolute atomic E-state index is 0.0811. The molecule has 0 unspecified atom stereocenters. The largest absolute Gasteiger partial charge is 0.493 e. The van der Waals surface area contributed by atoms with Gasteiger partial charge in [-0.2, -0.15) is 0 Å². The Hall–Kier alpha value is -3.23. The number of hydrogen-bond acceptors (Lipinski definition) is 6. The molecule has 0 bridgehead atoms. The molecule has 1 N–H and O–H groups in total. The van der Waals surface area contributed by atoms with Crippen LogP contribution in [0.1, 0.15) is 40.9 Å². The zero-order valence-corrected chi connectivity index (χ0v) is 18.0. The number of aryl methyl sites for hydroxylation is 1. The number of nitrogens with one attached hydrogen (secondary N) is 1. The second kappa shape index (κ2) is 9.06. The van der Waals surface area contributed by atoms with Gasteiger partial charge in [-0.15, -0.1) is 0 Å². The van der Waals surface area contributed by atoms with Crippen LogP contribution >= 0.6 is 0 Å². The lowest BCUT2D eigenvalue weighted by molar-refractivity contribution is 0.0821. The summed E-state index contributed by atoms with van der Waals surface area (Å²) in [7, 11) is 6.49. The van der Waals surface area contributed by atoms with E-state index in [-0.39, 0.29) is 17.9 Å². The lowest BCUT2D eigenvalue weighted by atomic mass is 9.97. The van der Waals surface area contributed by atoms with Gasteiger partial charge >= 0.3 is 6.03 Å². The van der Waals surface area contributed by atoms with Crippen LogP contribution in [0.15, 0.2) is 22.6 Å². The molecular weight excluding hydrogens is 388 g/mol. The summed E-state index contributed by atoms with van der Waals surface area (Å²) in [5.74, 6) is 2.16. The number of methoxy groups -OCH3 is 2. The minimum atomic E-state index is -0.173. The van der Waals surface area contributed by atoms with Crippen molar-refractivity contribution >= 4 is 17.6 Å². The molecule has 9 nitrogen and oxygen atoms in total. The molecule has 1 aromatic heterocycles. The van der Waals surface area contributed by atoms with Gasteiger partial charge in [-0.1, -0.05) is 0 Å². The van der Waals surface area contributed by atoms with Crippen molar-refractivity contribution in [2.75, 3.05) is 46.7 Å². The molecule has 0 saturated carbocycles. The van der Waals surface area contributed by atoms with Gasteiger partial charge in [-0.25, -0.2) is 9.78 Å². The molecule has 0 radical (unpaired) electrons. The monoisotopic (exact) mass is 416 g/mol. The topological polar surface area (TPSA) is 97.1 Å². The van der Waals surface area contributed by atoms with Crippen LogP contribution in [0.5, 0.6) is 11.5 Å². The van der Waals surface area contributed by atoms with Crippen LogP contribution in [-0.2, 0) is 0 Å². The van der Waals surface area contributed by atoms with E-state index >= 15 is 0 Å². The number of anilines is 1. The summed E-state index contributed by atoms with van der Waals surface area (Å²) in [6.07, 6.45) is 1.43. The molecule has 30 heavy (non-hydrogen) atoms. The molecule has 0 atom stereocenters. The summed E-state index contributed by atoms with van der Waals surface area (Å²) in [5.41, 5.74) is 0.985. The van der Waals surface area contributed by atoms with E-state index in [4.69, 9.17) is 13.9 Å². The van der Waals surface area contributed by atoms with Crippen molar-refractivity contribution in [3.8, 4) is 11.5 Å². The van der Waals surface area contributed by atoms with Gasteiger partial charge in [-0.3, -0.25) is 4.79 Å². The van der Waals surface area contributed by atoms with Gasteiger partial charge in [0.15, 0.2) is 23.1 Å². The SMILES string of the molecule is COc1ccc(NC(=O)N2CCC(c3nc(C(=O)N(C)C)c(C)o3)CC2)cc1OC. The molecule has 9 heteroatoms. The predicted molar refractivity (Wildman–Crippen MR) is 111 cm³/mol. The van der Waals surface area contributed by atoms with E-state index < -0.39 is 0 Å². The van der Waals surface area contributed by atoms with Crippen molar-refractivity contribution in [1.29, 1.82) is 0 Å². The second-order valence-corrected chi connectivity index (χ2v) is 7.42. The van der Waals surface area contributed by atoms with Gasteiger partial charge in [-0.05, 0) is 31.9 Å². The predicted octanol–water partition coefficient (Wildman–Crippen LogP) is 3.11. The Labute approximate surface area is 175 Å². The quantitative estimate of drug-likeness (QED) is 0.804. The molecule has 3 amide bonds. The molecule has 1 fully saturated rings. The highest BCUT2D eigenvalue weighted by Crippen LogP contribution is 2.31. The number of carbonyl (C=O) groups is 2. The number of urea groups is 1. The first-order chi connectivity index (χ1) is 14.3. The zero-order valence-electron chi connectivity index (χ0n) is 18.0. The number of amides is 3. The lowest BCUT2D eigenvalue weighted by Gasteiger charge is -2.30. The molecule has 1 aliphatic rings. The maximum absolute atomic E-state index is 12.6. The Kier molecular flexibility index (Phi) is 6.49. The number of piperidine rings is 1. The number of nitrogens with zero attached hydrogens (tertiary/aromatic N) is 3. The van der Waals surface area contributed by atoms with E-state index in [1.807, 2.05) is 0 Å². The molecule has 2 heterocycles. The lowest BCUT2D eigenvalue weighted by Crippen LogP contribution is -2.40. The number of ether oxygens (including phenoxy) is 2. The Morgan fingerprint density at radius 2 is 1.83 bits per heavy atom. The third-order valence-electron chi connectivity index (χ3n) is 5.19. The average Bonchev–Trinajstić information content (AvgIpc) is 3.14. The smallest absolute Gasteiger partial charge is 0.321 e. The number of hydrogen-bond donors (Lipinski definition) is 1. The highest BCUT2D eigenvalue weighted by atomic mass is 16.5. The number of likely N-dealkylation sites (tertiary alicyclic amines) is 1. The number of rotatable bonds is 5. The van der Waals surface area contributed by atoms with Crippen LogP contribution in [-0.4, -0.2) is 68.1 Å². The van der Waals surface area contributed by atoms with Gasteiger partial charge in [0, 0.05) is 44.9 Å². The van der Waals surface area contributed by atoms with E-state index in [0.29, 0.717) is 47.6 Å². The number of aromatic nitrogens is 1. The maximum Gasteiger partial charge on any atom is 0.321 e. The molecule has 1 aromatic carbocycles. The van der Waals surface area contributed by atoms with Crippen LogP contribution in [0.2, 0.25) is 0 Å². The summed E-state index contributed by atoms with van der Waals surface area (Å²) >= 11 is 0. The van der Waals surface area contributed by atoms with E-state index in [9.17, 15) is 9.59 Å². The summed E-state index contributed by atoms with van der Waals surface area (Å²) in [6.45, 7) is 2.89. The first-order valence-electron chi connectivity index (χ1n) is 9.81. The second-order valence-electron chi connectivity index (χ2n) is 7.42. The van der Waals surface area contributed by atoms with Gasteiger partial charge in [0.05, 0.1) is 14.2 Å². The van der Waals surface area contributed by atoms with Crippen LogP contribution in [0.4, 0.5) is 10.5 Å². The fourth-order valence-corrected chi connectivity index (χ4v) is 3.45. The van der Waals surface area contributed by atoms with Crippen LogP contribution < -0.4 is 14.8 Å². The number of carbonyl (C=O) groups excluding carboxylic acids is 2. The highest BCUT2D eigenvalue weighted by Gasteiger charge is 2.29. The van der Waals surface area contributed by atoms with Gasteiger partial charge < -0.3 is 29.0 Å². The summed E-state index contributed by atoms with van der Waals surface area (Å²) in [4.78, 5) is 32.5. The summed E-state index contributed by atoms with van der Waals surface area (Å²) < 4.78 is 16.3. The van der Waals surface area contributed by atoms with Crippen molar-refractivity contribution in [2.45, 2.75) is 25.7 Å². The summed E-state index contributed by atoms with van der Waals surface area (Å²) in [6, 6.07) is 5.07. The fraction of sp³-hybridized carbons (Fsp3) is 0.476. The Morgan fingerprint density at radius 3 is 2.43 bits per heavy atom. The standard InChI is InChI=1S/C21H28N4O5/c1-13-18(20(26)24(2)3)23-19(30-13)14-8-10-25(11-9-14)21(27)22-15-6-7-16(28-4)17(12-15)29-5/h6-7,12,14H,8-11H2,1-5H3,(H,22,27). The maximum atomic E-state index is 12.6. The van der Waals surface area contributed by atoms with Gasteiger partial charge in [0.25, 0.3) is 5.91 Å². The van der Waals surface area contributed by atoms with E-state index in [1.165, 1.54) is 4.90 Å². The number of benzene rings is 1. The highest BCUT2D eigenvalue weighted by molar-refractivity contribution is 5.92. The number of oxazole rings is 1. The molecule has 3 rings (SSSR count). The average molecular weight is 416 g/mol. The first-order valence-corrected chi connectivity index (χ1v) is 9.81. The fourth-order valence-electron chi connectivity index (χ4n) is 3.45. The van der Waals surface area contributed by atoms with Gasteiger partial charge in [0.1, 0.15) is 5.76 Å². The summed E-state index contributed by atoms with van der Waals surface area (Å²) in [5, 5.41) is 2.90. The molecule has 0 spiro atoms. The minimum Gasteiger partial charge on any atom is -0.493 e. The molecule has 1 saturated heterocycles. The molecule has 162 valence electrons. The van der Waals surface area contributed by atoms with Crippen LogP contribution in [0, 0.1) is 6.92 Å². The first kappa shape index (κ1) is 21.5. The van der Waals surface area contributed by atoms with Crippen molar-refractivity contribution in [1.82, 2.24) is 14.8 Å². The molecule has 1 aliphatic heterocycles. The van der Waals surface area contributed by atoms with Crippen LogP contribution in [0.3, 0.4) is 0 Å². The zero-order chi connectivity index (χ0) is 21.8. The van der Waals surface area contributed by atoms with Crippen molar-refractivity contribution in [3.05, 3.63) is 35.5 Å².